The highest BCUT2D eigenvalue weighted by Crippen LogP contribution is 2.43. The first-order valence-electron chi connectivity index (χ1n) is 19.0. The minimum absolute atomic E-state index is 0.0335. The molecule has 12 heteroatoms. The van der Waals surface area contributed by atoms with E-state index in [1.165, 1.54) is 32.1 Å². The molecule has 0 amide bonds. The van der Waals surface area contributed by atoms with Crippen LogP contribution in [0.3, 0.4) is 0 Å². The van der Waals surface area contributed by atoms with Gasteiger partial charge in [0.1, 0.15) is 12.6 Å². The van der Waals surface area contributed by atoms with Crippen LogP contribution in [0.5, 0.6) is 0 Å². The Morgan fingerprint density at radius 2 is 1.08 bits per heavy atom. The second-order valence-corrected chi connectivity index (χ2v) is 13.8. The molecular formula is C40H66NO10P. The van der Waals surface area contributed by atoms with Crippen molar-refractivity contribution in [1.82, 2.24) is 0 Å². The van der Waals surface area contributed by atoms with Gasteiger partial charge in [-0.05, 0) is 51.4 Å². The van der Waals surface area contributed by atoms with Crippen LogP contribution in [0, 0.1) is 0 Å². The fourth-order valence-electron chi connectivity index (χ4n) is 4.50. The summed E-state index contributed by atoms with van der Waals surface area (Å²) in [4.78, 5) is 45.6. The Balaban J connectivity index is 4.57. The van der Waals surface area contributed by atoms with Gasteiger partial charge in [0.05, 0.1) is 13.2 Å². The van der Waals surface area contributed by atoms with Crippen molar-refractivity contribution in [2.75, 3.05) is 19.8 Å². The van der Waals surface area contributed by atoms with E-state index in [-0.39, 0.29) is 19.4 Å². The van der Waals surface area contributed by atoms with E-state index in [1.54, 1.807) is 0 Å². The molecule has 52 heavy (non-hydrogen) atoms. The number of aliphatic carboxylic acids is 1. The Labute approximate surface area is 312 Å². The van der Waals surface area contributed by atoms with E-state index in [0.29, 0.717) is 19.3 Å². The Morgan fingerprint density at radius 1 is 0.615 bits per heavy atom. The summed E-state index contributed by atoms with van der Waals surface area (Å²) in [5, 5.41) is 8.85. The maximum absolute atomic E-state index is 12.5. The molecule has 0 heterocycles. The first-order valence-corrected chi connectivity index (χ1v) is 20.5. The molecule has 3 unspecified atom stereocenters. The summed E-state index contributed by atoms with van der Waals surface area (Å²) in [5.41, 5.74) is 5.30. The predicted molar refractivity (Wildman–Crippen MR) is 207 cm³/mol. The van der Waals surface area contributed by atoms with E-state index in [0.717, 1.165) is 51.4 Å². The van der Waals surface area contributed by atoms with Crippen LogP contribution in [0.4, 0.5) is 0 Å². The standard InChI is InChI=1S/C40H66NO10P/c1-3-5-7-9-11-13-14-15-16-17-18-19-20-21-22-24-26-28-30-32-39(43)51-36(34-49-52(46,47)50-35-37(41)40(44)45)33-48-38(42)31-29-27-25-23-12-10-8-6-4-2/h5,7,11,13,15-16,18-19,21-22,26,28,36-37H,3-4,6,8-10,12,14,17,20,23-25,27,29-35,41H2,1-2H3,(H,44,45)(H,46,47)/b7-5-,13-11-,16-15-,19-18-,22-21-,28-26-. The summed E-state index contributed by atoms with van der Waals surface area (Å²) in [5.74, 6) is -2.50. The van der Waals surface area contributed by atoms with Gasteiger partial charge in [-0.25, -0.2) is 4.57 Å². The second-order valence-electron chi connectivity index (χ2n) is 12.3. The minimum atomic E-state index is -4.73. The first kappa shape index (κ1) is 48.9. The van der Waals surface area contributed by atoms with Crippen molar-refractivity contribution in [2.45, 2.75) is 142 Å². The van der Waals surface area contributed by atoms with E-state index >= 15 is 0 Å². The van der Waals surface area contributed by atoms with Gasteiger partial charge in [-0.3, -0.25) is 23.4 Å². The van der Waals surface area contributed by atoms with Crippen LogP contribution < -0.4 is 5.73 Å². The molecule has 0 aromatic heterocycles. The molecule has 0 spiro atoms. The molecule has 0 aliphatic heterocycles. The number of esters is 2. The fraction of sp³-hybridized carbons (Fsp3) is 0.625. The van der Waals surface area contributed by atoms with Crippen LogP contribution >= 0.6 is 7.82 Å². The molecule has 0 radical (unpaired) electrons. The van der Waals surface area contributed by atoms with Gasteiger partial charge < -0.3 is 25.2 Å². The normalized spacial score (nSPS) is 14.7. The van der Waals surface area contributed by atoms with E-state index in [1.807, 2.05) is 18.2 Å². The number of hydrogen-bond acceptors (Lipinski definition) is 9. The lowest BCUT2D eigenvalue weighted by molar-refractivity contribution is -0.161. The zero-order valence-corrected chi connectivity index (χ0v) is 32.5. The Hall–Kier alpha value is -3.08. The molecule has 0 rings (SSSR count). The molecular weight excluding hydrogens is 685 g/mol. The lowest BCUT2D eigenvalue weighted by Crippen LogP contribution is -2.34. The van der Waals surface area contributed by atoms with Crippen molar-refractivity contribution in [3.8, 4) is 0 Å². The van der Waals surface area contributed by atoms with Crippen molar-refractivity contribution < 1.29 is 47.5 Å². The first-order chi connectivity index (χ1) is 25.1. The SMILES string of the molecule is CC/C=C\C/C=C\C/C=C\C/C=C\C/C=C\C/C=C\CCC(=O)OC(COC(=O)CCCCCCCCCCC)COP(=O)(O)OCC(N)C(=O)O. The third-order valence-corrected chi connectivity index (χ3v) is 8.43. The summed E-state index contributed by atoms with van der Waals surface area (Å²) in [6, 6.07) is -1.53. The molecule has 3 atom stereocenters. The van der Waals surface area contributed by atoms with Gasteiger partial charge in [-0.1, -0.05) is 138 Å². The highest BCUT2D eigenvalue weighted by Gasteiger charge is 2.28. The largest absolute Gasteiger partial charge is 0.480 e. The number of rotatable bonds is 34. The number of hydrogen-bond donors (Lipinski definition) is 3. The fourth-order valence-corrected chi connectivity index (χ4v) is 5.28. The van der Waals surface area contributed by atoms with Crippen molar-refractivity contribution in [2.24, 2.45) is 5.73 Å². The molecule has 0 aromatic rings. The molecule has 0 aliphatic carbocycles. The summed E-state index contributed by atoms with van der Waals surface area (Å²) in [6.07, 6.45) is 40.0. The highest BCUT2D eigenvalue weighted by atomic mass is 31.2. The maximum Gasteiger partial charge on any atom is 0.472 e. The number of carboxylic acid groups (broad SMARTS) is 1. The lowest BCUT2D eigenvalue weighted by atomic mass is 10.1. The summed E-state index contributed by atoms with van der Waals surface area (Å²) < 4.78 is 32.4. The molecule has 0 aliphatic rings. The number of carbonyl (C=O) groups excluding carboxylic acids is 2. The topological polar surface area (TPSA) is 172 Å². The molecule has 4 N–H and O–H groups in total. The number of allylic oxidation sites excluding steroid dienone is 12. The smallest absolute Gasteiger partial charge is 0.472 e. The quantitative estimate of drug-likeness (QED) is 0.0248. The summed E-state index contributed by atoms with van der Waals surface area (Å²) in [7, 11) is -4.73. The van der Waals surface area contributed by atoms with Gasteiger partial charge in [0.2, 0.25) is 0 Å². The number of carboxylic acids is 1. The van der Waals surface area contributed by atoms with Gasteiger partial charge in [-0.15, -0.1) is 0 Å². The average Bonchev–Trinajstić information content (AvgIpc) is 3.12. The maximum atomic E-state index is 12.5. The number of ether oxygens (including phenoxy) is 2. The van der Waals surface area contributed by atoms with Gasteiger partial charge in [0.25, 0.3) is 0 Å². The molecule has 296 valence electrons. The van der Waals surface area contributed by atoms with Crippen molar-refractivity contribution in [3.63, 3.8) is 0 Å². The second kappa shape index (κ2) is 35.0. The van der Waals surface area contributed by atoms with Crippen LogP contribution in [0.15, 0.2) is 72.9 Å². The van der Waals surface area contributed by atoms with E-state index in [9.17, 15) is 23.8 Å². The number of phosphoric acid groups is 1. The van der Waals surface area contributed by atoms with Crippen molar-refractivity contribution >= 4 is 25.7 Å². The summed E-state index contributed by atoms with van der Waals surface area (Å²) in [6.45, 7) is 2.55. The number of phosphoric ester groups is 1. The zero-order valence-electron chi connectivity index (χ0n) is 31.6. The van der Waals surface area contributed by atoms with Crippen LogP contribution in [-0.4, -0.2) is 59.9 Å². The van der Waals surface area contributed by atoms with Gasteiger partial charge in [-0.2, -0.15) is 0 Å². The Bertz CT molecular complexity index is 1160. The number of unbranched alkanes of at least 4 members (excludes halogenated alkanes) is 8. The van der Waals surface area contributed by atoms with Crippen LogP contribution in [0.25, 0.3) is 0 Å². The van der Waals surface area contributed by atoms with E-state index in [2.05, 4.69) is 73.1 Å². The number of carbonyl (C=O) groups is 3. The Morgan fingerprint density at radius 3 is 1.58 bits per heavy atom. The molecule has 0 saturated heterocycles. The van der Waals surface area contributed by atoms with E-state index < -0.39 is 51.1 Å². The van der Waals surface area contributed by atoms with Crippen molar-refractivity contribution in [1.29, 1.82) is 0 Å². The molecule has 0 aromatic carbocycles. The van der Waals surface area contributed by atoms with Gasteiger partial charge in [0, 0.05) is 12.8 Å². The molecule has 0 bridgehead atoms. The average molecular weight is 752 g/mol. The minimum Gasteiger partial charge on any atom is -0.480 e. The third kappa shape index (κ3) is 34.0. The van der Waals surface area contributed by atoms with Gasteiger partial charge >= 0.3 is 25.7 Å². The van der Waals surface area contributed by atoms with Crippen LogP contribution in [-0.2, 0) is 37.5 Å². The monoisotopic (exact) mass is 751 g/mol. The molecule has 0 saturated carbocycles. The van der Waals surface area contributed by atoms with E-state index in [4.69, 9.17) is 24.8 Å². The summed E-state index contributed by atoms with van der Waals surface area (Å²) >= 11 is 0. The number of nitrogens with two attached hydrogens (primary N) is 1. The predicted octanol–water partition coefficient (Wildman–Crippen LogP) is 9.39. The van der Waals surface area contributed by atoms with Crippen LogP contribution in [0.2, 0.25) is 0 Å². The highest BCUT2D eigenvalue weighted by molar-refractivity contribution is 7.47. The van der Waals surface area contributed by atoms with Crippen LogP contribution in [0.1, 0.15) is 129 Å². The zero-order chi connectivity index (χ0) is 38.5. The Kier molecular flexibility index (Phi) is 32.9. The van der Waals surface area contributed by atoms with Crippen molar-refractivity contribution in [3.05, 3.63) is 72.9 Å². The molecule has 11 nitrogen and oxygen atoms in total. The van der Waals surface area contributed by atoms with Gasteiger partial charge in [0.15, 0.2) is 6.10 Å². The molecule has 0 fully saturated rings. The lowest BCUT2D eigenvalue weighted by Gasteiger charge is -2.20. The third-order valence-electron chi connectivity index (χ3n) is 7.48.